The molecule has 0 aromatic carbocycles. The van der Waals surface area contributed by atoms with Crippen molar-refractivity contribution < 1.29 is 14.3 Å². The number of primary amides is 1. The fourth-order valence-electron chi connectivity index (χ4n) is 0.539. The minimum absolute atomic E-state index is 0.00755. The first kappa shape index (κ1) is 6.60. The summed E-state index contributed by atoms with van der Waals surface area (Å²) >= 11 is 0. The molecule has 5 heteroatoms. The molecule has 0 aromatic rings. The van der Waals surface area contributed by atoms with Crippen LogP contribution in [0.1, 0.15) is 0 Å². The number of carbonyl (C=O) groups excluding carboxylic acids is 2. The van der Waals surface area contributed by atoms with Crippen molar-refractivity contribution in [2.45, 2.75) is 0 Å². The van der Waals surface area contributed by atoms with Gasteiger partial charge in [-0.2, -0.15) is 0 Å². The zero-order valence-corrected chi connectivity index (χ0v) is 5.09. The van der Waals surface area contributed by atoms with Gasteiger partial charge < -0.3 is 15.8 Å². The van der Waals surface area contributed by atoms with Crippen LogP contribution in [0.3, 0.4) is 0 Å². The lowest BCUT2D eigenvalue weighted by Crippen LogP contribution is -2.32. The zero-order chi connectivity index (χ0) is 7.56. The third-order valence-electron chi connectivity index (χ3n) is 0.979. The van der Waals surface area contributed by atoms with E-state index in [1.165, 1.54) is 0 Å². The fraction of sp³-hybridized carbons (Fsp3) is 0.200. The Balaban J connectivity index is 2.75. The molecule has 1 rings (SSSR count). The zero-order valence-electron chi connectivity index (χ0n) is 5.09. The number of carbonyl (C=O) groups is 2. The minimum atomic E-state index is -0.727. The van der Waals surface area contributed by atoms with E-state index in [0.717, 1.165) is 6.08 Å². The molecule has 1 aliphatic rings. The number of amides is 2. The Hall–Kier alpha value is -1.52. The lowest BCUT2D eigenvalue weighted by atomic mass is 10.4. The van der Waals surface area contributed by atoms with Crippen LogP contribution in [0.15, 0.2) is 11.8 Å². The van der Waals surface area contributed by atoms with Crippen LogP contribution >= 0.6 is 0 Å². The molecule has 0 saturated heterocycles. The lowest BCUT2D eigenvalue weighted by molar-refractivity contribution is -0.124. The highest BCUT2D eigenvalue weighted by atomic mass is 16.5. The number of nitrogens with one attached hydrogen (secondary N) is 1. The molecule has 3 N–H and O–H groups in total. The van der Waals surface area contributed by atoms with Gasteiger partial charge in [0.2, 0.25) is 0 Å². The molecule has 0 fully saturated rings. The van der Waals surface area contributed by atoms with E-state index in [-0.39, 0.29) is 18.4 Å². The Kier molecular flexibility index (Phi) is 1.57. The van der Waals surface area contributed by atoms with Crippen LogP contribution < -0.4 is 11.1 Å². The summed E-state index contributed by atoms with van der Waals surface area (Å²) in [5.41, 5.74) is 4.82. The van der Waals surface area contributed by atoms with E-state index in [9.17, 15) is 9.59 Å². The average Bonchev–Trinajstić information content (AvgIpc) is 1.88. The molecule has 54 valence electrons. The van der Waals surface area contributed by atoms with Crippen molar-refractivity contribution in [3.63, 3.8) is 0 Å². The molecule has 0 radical (unpaired) electrons. The molecular formula is C5H6N2O3. The van der Waals surface area contributed by atoms with E-state index in [1.54, 1.807) is 0 Å². The Bertz CT molecular complexity index is 209. The van der Waals surface area contributed by atoms with E-state index in [0.29, 0.717) is 0 Å². The third-order valence-corrected chi connectivity index (χ3v) is 0.979. The summed E-state index contributed by atoms with van der Waals surface area (Å²) in [6, 6.07) is 0. The first-order valence-electron chi connectivity index (χ1n) is 2.62. The van der Waals surface area contributed by atoms with Gasteiger partial charge in [0.25, 0.3) is 11.8 Å². The van der Waals surface area contributed by atoms with Crippen LogP contribution in [0.25, 0.3) is 0 Å². The number of ether oxygens (including phenoxy) is 1. The predicted octanol–water partition coefficient (Wildman–Crippen LogP) is -1.54. The summed E-state index contributed by atoms with van der Waals surface area (Å²) in [4.78, 5) is 20.9. The summed E-state index contributed by atoms with van der Waals surface area (Å²) in [7, 11) is 0. The van der Waals surface area contributed by atoms with Crippen molar-refractivity contribution >= 4 is 11.8 Å². The van der Waals surface area contributed by atoms with Gasteiger partial charge in [-0.05, 0) is 0 Å². The maximum absolute atomic E-state index is 10.5. The first-order chi connectivity index (χ1) is 4.70. The molecule has 1 heterocycles. The summed E-state index contributed by atoms with van der Waals surface area (Å²) < 4.78 is 4.66. The van der Waals surface area contributed by atoms with E-state index >= 15 is 0 Å². The van der Waals surface area contributed by atoms with Crippen LogP contribution in [0.4, 0.5) is 0 Å². The smallest absolute Gasteiger partial charge is 0.284 e. The Morgan fingerprint density at radius 3 is 2.90 bits per heavy atom. The molecule has 0 aromatic heterocycles. The molecule has 0 unspecified atom stereocenters. The highest BCUT2D eigenvalue weighted by molar-refractivity contribution is 5.99. The Morgan fingerprint density at radius 1 is 1.80 bits per heavy atom. The van der Waals surface area contributed by atoms with Crippen LogP contribution in [0.5, 0.6) is 0 Å². The molecule has 2 amide bonds. The number of nitrogens with two attached hydrogens (primary N) is 1. The third kappa shape index (κ3) is 1.25. The summed E-state index contributed by atoms with van der Waals surface area (Å²) in [6.07, 6.45) is 1.02. The molecule has 10 heavy (non-hydrogen) atoms. The molecule has 0 spiro atoms. The molecule has 0 bridgehead atoms. The summed E-state index contributed by atoms with van der Waals surface area (Å²) in [5.74, 6) is -1.18. The number of rotatable bonds is 1. The SMILES string of the molecule is NC(=O)C1=CC(=O)NCO1. The van der Waals surface area contributed by atoms with Crippen molar-refractivity contribution in [3.05, 3.63) is 11.8 Å². The largest absolute Gasteiger partial charge is 0.467 e. The molecule has 0 atom stereocenters. The van der Waals surface area contributed by atoms with E-state index in [1.807, 2.05) is 0 Å². The summed E-state index contributed by atoms with van der Waals surface area (Å²) in [5, 5.41) is 2.32. The highest BCUT2D eigenvalue weighted by Crippen LogP contribution is 1.98. The van der Waals surface area contributed by atoms with E-state index in [4.69, 9.17) is 5.73 Å². The standard InChI is InChI=1S/C5H6N2O3/c6-5(9)3-1-4(8)7-2-10-3/h1H,2H2,(H2,6,9)(H,7,8). The van der Waals surface area contributed by atoms with Gasteiger partial charge in [0, 0.05) is 0 Å². The molecule has 5 nitrogen and oxygen atoms in total. The second-order valence-electron chi connectivity index (χ2n) is 1.70. The topological polar surface area (TPSA) is 81.4 Å². The lowest BCUT2D eigenvalue weighted by Gasteiger charge is -2.11. The van der Waals surface area contributed by atoms with Crippen LogP contribution in [-0.4, -0.2) is 18.5 Å². The van der Waals surface area contributed by atoms with Gasteiger partial charge in [0.1, 0.15) is 0 Å². The van der Waals surface area contributed by atoms with E-state index < -0.39 is 5.91 Å². The molecule has 1 aliphatic heterocycles. The summed E-state index contributed by atoms with van der Waals surface area (Å²) in [6.45, 7) is 0.00755. The van der Waals surface area contributed by atoms with Crippen LogP contribution in [0, 0.1) is 0 Å². The van der Waals surface area contributed by atoms with Crippen molar-refractivity contribution in [1.29, 1.82) is 0 Å². The quantitative estimate of drug-likeness (QED) is 0.465. The normalized spacial score (nSPS) is 16.8. The Morgan fingerprint density at radius 2 is 2.50 bits per heavy atom. The van der Waals surface area contributed by atoms with Crippen LogP contribution in [0.2, 0.25) is 0 Å². The van der Waals surface area contributed by atoms with Gasteiger partial charge in [-0.1, -0.05) is 0 Å². The van der Waals surface area contributed by atoms with Crippen molar-refractivity contribution in [2.24, 2.45) is 5.73 Å². The number of hydrogen-bond donors (Lipinski definition) is 2. The first-order valence-corrected chi connectivity index (χ1v) is 2.62. The second kappa shape index (κ2) is 2.38. The molecule has 0 aliphatic carbocycles. The van der Waals surface area contributed by atoms with Crippen molar-refractivity contribution in [2.75, 3.05) is 6.73 Å². The molecular weight excluding hydrogens is 136 g/mol. The van der Waals surface area contributed by atoms with Gasteiger partial charge in [-0.25, -0.2) is 0 Å². The Labute approximate surface area is 56.8 Å². The second-order valence-corrected chi connectivity index (χ2v) is 1.70. The monoisotopic (exact) mass is 142 g/mol. The predicted molar refractivity (Wildman–Crippen MR) is 31.4 cm³/mol. The van der Waals surface area contributed by atoms with Gasteiger partial charge >= 0.3 is 0 Å². The van der Waals surface area contributed by atoms with Crippen molar-refractivity contribution in [3.8, 4) is 0 Å². The fourth-order valence-corrected chi connectivity index (χ4v) is 0.539. The minimum Gasteiger partial charge on any atom is -0.467 e. The highest BCUT2D eigenvalue weighted by Gasteiger charge is 2.13. The number of hydrogen-bond acceptors (Lipinski definition) is 3. The maximum atomic E-state index is 10.5. The maximum Gasteiger partial charge on any atom is 0.284 e. The van der Waals surface area contributed by atoms with Crippen molar-refractivity contribution in [1.82, 2.24) is 5.32 Å². The van der Waals surface area contributed by atoms with Gasteiger partial charge in [-0.15, -0.1) is 0 Å². The van der Waals surface area contributed by atoms with Gasteiger partial charge in [0.05, 0.1) is 6.08 Å². The van der Waals surface area contributed by atoms with Crippen LogP contribution in [-0.2, 0) is 14.3 Å². The van der Waals surface area contributed by atoms with Gasteiger partial charge in [0.15, 0.2) is 12.5 Å². The molecule has 0 saturated carbocycles. The van der Waals surface area contributed by atoms with E-state index in [2.05, 4.69) is 10.1 Å². The van der Waals surface area contributed by atoms with Gasteiger partial charge in [-0.3, -0.25) is 9.59 Å². The average molecular weight is 142 g/mol.